The fraction of sp³-hybridized carbons (Fsp3) is 0.500. The summed E-state index contributed by atoms with van der Waals surface area (Å²) in [4.78, 5) is 27.3. The van der Waals surface area contributed by atoms with Crippen molar-refractivity contribution in [1.82, 2.24) is 10.3 Å². The number of halogens is 2. The molecule has 0 radical (unpaired) electrons. The number of hydrogen-bond donors (Lipinski definition) is 2. The number of nitrogens with one attached hydrogen (secondary N) is 1. The third kappa shape index (κ3) is 4.08. The second kappa shape index (κ2) is 6.62. The molecule has 1 aliphatic carbocycles. The van der Waals surface area contributed by atoms with Crippen molar-refractivity contribution in [2.45, 2.75) is 44.1 Å². The number of rotatable bonds is 4. The van der Waals surface area contributed by atoms with Crippen LogP contribution in [0.3, 0.4) is 0 Å². The Morgan fingerprint density at radius 2 is 1.95 bits per heavy atom. The fourth-order valence-corrected chi connectivity index (χ4v) is 3.11. The lowest BCUT2D eigenvalue weighted by Gasteiger charge is -2.37. The van der Waals surface area contributed by atoms with Crippen molar-refractivity contribution < 1.29 is 14.7 Å². The Balaban J connectivity index is 2.21. The number of amides is 1. The van der Waals surface area contributed by atoms with Crippen LogP contribution in [-0.2, 0) is 4.79 Å². The monoisotopic (exact) mass is 330 g/mol. The summed E-state index contributed by atoms with van der Waals surface area (Å²) in [5, 5.41) is 12.3. The topological polar surface area (TPSA) is 79.3 Å². The van der Waals surface area contributed by atoms with E-state index in [9.17, 15) is 9.59 Å². The van der Waals surface area contributed by atoms with Gasteiger partial charge in [-0.2, -0.15) is 0 Å². The highest BCUT2D eigenvalue weighted by Crippen LogP contribution is 2.32. The summed E-state index contributed by atoms with van der Waals surface area (Å²) in [5.41, 5.74) is -0.493. The lowest BCUT2D eigenvalue weighted by atomic mass is 9.79. The first-order valence-electron chi connectivity index (χ1n) is 6.77. The number of pyridine rings is 1. The zero-order valence-electron chi connectivity index (χ0n) is 11.4. The van der Waals surface area contributed by atoms with Crippen LogP contribution in [0.5, 0.6) is 0 Å². The quantitative estimate of drug-likeness (QED) is 0.830. The Labute approximate surface area is 132 Å². The fourth-order valence-electron chi connectivity index (χ4n) is 2.76. The Bertz CT molecular complexity index is 557. The lowest BCUT2D eigenvalue weighted by Crippen LogP contribution is -2.51. The minimum atomic E-state index is -0.920. The van der Waals surface area contributed by atoms with Crippen LogP contribution in [0, 0.1) is 0 Å². The summed E-state index contributed by atoms with van der Waals surface area (Å²) in [6, 6.07) is 1.39. The van der Waals surface area contributed by atoms with E-state index in [0.717, 1.165) is 19.3 Å². The van der Waals surface area contributed by atoms with Gasteiger partial charge < -0.3 is 10.4 Å². The van der Waals surface area contributed by atoms with Gasteiger partial charge in [-0.3, -0.25) is 9.59 Å². The number of aromatic nitrogens is 1. The van der Waals surface area contributed by atoms with Crippen LogP contribution in [0.2, 0.25) is 10.2 Å². The molecule has 2 rings (SSSR count). The molecule has 0 unspecified atom stereocenters. The van der Waals surface area contributed by atoms with E-state index >= 15 is 0 Å². The van der Waals surface area contributed by atoms with Crippen LogP contribution in [0.4, 0.5) is 0 Å². The van der Waals surface area contributed by atoms with Crippen LogP contribution in [-0.4, -0.2) is 27.5 Å². The van der Waals surface area contributed by atoms with E-state index in [0.29, 0.717) is 12.8 Å². The van der Waals surface area contributed by atoms with Crippen molar-refractivity contribution in [3.05, 3.63) is 28.0 Å². The summed E-state index contributed by atoms with van der Waals surface area (Å²) < 4.78 is 0. The van der Waals surface area contributed by atoms with E-state index in [4.69, 9.17) is 28.3 Å². The maximum absolute atomic E-state index is 12.4. The Morgan fingerprint density at radius 3 is 2.57 bits per heavy atom. The van der Waals surface area contributed by atoms with Gasteiger partial charge in [0.05, 0.1) is 22.5 Å². The molecule has 0 spiro atoms. The van der Waals surface area contributed by atoms with Gasteiger partial charge in [-0.1, -0.05) is 42.5 Å². The molecule has 1 fully saturated rings. The maximum atomic E-state index is 12.4. The molecule has 1 aliphatic rings. The predicted molar refractivity (Wildman–Crippen MR) is 79.8 cm³/mol. The van der Waals surface area contributed by atoms with Crippen LogP contribution >= 0.6 is 23.2 Å². The summed E-state index contributed by atoms with van der Waals surface area (Å²) in [6.45, 7) is 0. The van der Waals surface area contributed by atoms with Crippen molar-refractivity contribution in [3.63, 3.8) is 0 Å². The molecule has 1 heterocycles. The molecular weight excluding hydrogens is 315 g/mol. The van der Waals surface area contributed by atoms with Crippen molar-refractivity contribution in [2.75, 3.05) is 0 Å². The van der Waals surface area contributed by atoms with Crippen molar-refractivity contribution >= 4 is 35.1 Å². The highest BCUT2D eigenvalue weighted by atomic mass is 35.5. The smallest absolute Gasteiger partial charge is 0.305 e. The first-order valence-corrected chi connectivity index (χ1v) is 7.53. The third-order valence-electron chi connectivity index (χ3n) is 3.75. The molecule has 1 aromatic heterocycles. The highest BCUT2D eigenvalue weighted by molar-refractivity contribution is 6.35. The van der Waals surface area contributed by atoms with Crippen molar-refractivity contribution in [3.8, 4) is 0 Å². The average molecular weight is 331 g/mol. The average Bonchev–Trinajstić information content (AvgIpc) is 2.41. The zero-order valence-corrected chi connectivity index (χ0v) is 12.9. The Morgan fingerprint density at radius 1 is 1.29 bits per heavy atom. The number of carboxylic acids is 1. The van der Waals surface area contributed by atoms with Gasteiger partial charge in [0.2, 0.25) is 0 Å². The number of carbonyl (C=O) groups excluding carboxylic acids is 1. The van der Waals surface area contributed by atoms with Crippen molar-refractivity contribution in [2.24, 2.45) is 0 Å². The molecule has 7 heteroatoms. The number of nitrogens with zero attached hydrogens (tertiary/aromatic N) is 1. The number of hydrogen-bond acceptors (Lipinski definition) is 3. The molecule has 0 aliphatic heterocycles. The van der Waals surface area contributed by atoms with Gasteiger partial charge in [-0.05, 0) is 18.9 Å². The zero-order chi connectivity index (χ0) is 15.5. The Hall–Kier alpha value is -1.33. The number of carboxylic acid groups (broad SMARTS) is 1. The maximum Gasteiger partial charge on any atom is 0.305 e. The van der Waals surface area contributed by atoms with E-state index in [2.05, 4.69) is 10.3 Å². The van der Waals surface area contributed by atoms with E-state index in [1.54, 1.807) is 0 Å². The third-order valence-corrected chi connectivity index (χ3v) is 4.25. The SMILES string of the molecule is O=C(O)CC1(NC(=O)c2cc(Cl)ncc2Cl)CCCCC1. The van der Waals surface area contributed by atoms with E-state index in [-0.39, 0.29) is 22.2 Å². The summed E-state index contributed by atoms with van der Waals surface area (Å²) >= 11 is 11.7. The second-order valence-corrected chi connectivity index (χ2v) is 6.15. The minimum absolute atomic E-state index is 0.0881. The molecule has 21 heavy (non-hydrogen) atoms. The van der Waals surface area contributed by atoms with Gasteiger partial charge in [0.25, 0.3) is 5.91 Å². The molecule has 2 N–H and O–H groups in total. The van der Waals surface area contributed by atoms with Crippen molar-refractivity contribution in [1.29, 1.82) is 0 Å². The molecular formula is C14H16Cl2N2O3. The van der Waals surface area contributed by atoms with Crippen LogP contribution < -0.4 is 5.32 Å². The van der Waals surface area contributed by atoms with Crippen LogP contribution in [0.1, 0.15) is 48.9 Å². The number of carbonyl (C=O) groups is 2. The molecule has 0 atom stereocenters. The first-order chi connectivity index (χ1) is 9.92. The largest absolute Gasteiger partial charge is 0.481 e. The summed E-state index contributed by atoms with van der Waals surface area (Å²) in [7, 11) is 0. The molecule has 1 amide bonds. The Kier molecular flexibility index (Phi) is 5.06. The first kappa shape index (κ1) is 16.0. The van der Waals surface area contributed by atoms with E-state index in [1.165, 1.54) is 12.3 Å². The molecule has 1 aromatic rings. The van der Waals surface area contributed by atoms with Gasteiger partial charge in [-0.25, -0.2) is 4.98 Å². The van der Waals surface area contributed by atoms with E-state index in [1.807, 2.05) is 0 Å². The molecule has 5 nitrogen and oxygen atoms in total. The van der Waals surface area contributed by atoms with Gasteiger partial charge >= 0.3 is 5.97 Å². The number of aliphatic carboxylic acids is 1. The van der Waals surface area contributed by atoms with Gasteiger partial charge in [0.15, 0.2) is 0 Å². The van der Waals surface area contributed by atoms with Crippen LogP contribution in [0.25, 0.3) is 0 Å². The molecule has 0 bridgehead atoms. The molecule has 114 valence electrons. The summed E-state index contributed by atoms with van der Waals surface area (Å²) in [5.74, 6) is -1.33. The van der Waals surface area contributed by atoms with E-state index < -0.39 is 17.4 Å². The standard InChI is InChI=1S/C14H16Cl2N2O3/c15-10-8-17-11(16)6-9(10)13(21)18-14(7-12(19)20)4-2-1-3-5-14/h6,8H,1-5,7H2,(H,18,21)(H,19,20). The molecule has 0 saturated heterocycles. The summed E-state index contributed by atoms with van der Waals surface area (Å²) in [6.07, 6.45) is 5.39. The van der Waals surface area contributed by atoms with Gasteiger partial charge in [0.1, 0.15) is 5.15 Å². The predicted octanol–water partition coefficient (Wildman–Crippen LogP) is 3.30. The normalized spacial score (nSPS) is 17.2. The second-order valence-electron chi connectivity index (χ2n) is 5.35. The van der Waals surface area contributed by atoms with Gasteiger partial charge in [0, 0.05) is 6.20 Å². The lowest BCUT2D eigenvalue weighted by molar-refractivity contribution is -0.139. The van der Waals surface area contributed by atoms with Crippen LogP contribution in [0.15, 0.2) is 12.3 Å². The molecule has 0 aromatic carbocycles. The minimum Gasteiger partial charge on any atom is -0.481 e. The van der Waals surface area contributed by atoms with Gasteiger partial charge in [-0.15, -0.1) is 0 Å². The molecule has 1 saturated carbocycles. The highest BCUT2D eigenvalue weighted by Gasteiger charge is 2.36.